The Labute approximate surface area is 113 Å². The molecule has 2 N–H and O–H groups in total. The summed E-state index contributed by atoms with van der Waals surface area (Å²) in [4.78, 5) is 0. The predicted octanol–water partition coefficient (Wildman–Crippen LogP) is 3.58. The van der Waals surface area contributed by atoms with E-state index in [0.29, 0.717) is 5.92 Å². The number of hydrogen-bond donors (Lipinski definition) is 2. The SMILES string of the molecule is C[C@]12CC[C@H](c3ccc(O)cc3F)CC1CC[C@@H]2O. The molecule has 2 fully saturated rings. The fraction of sp³-hybridized carbons (Fsp3) is 0.625. The molecular weight excluding hydrogens is 243 g/mol. The van der Waals surface area contributed by atoms with E-state index in [1.165, 1.54) is 6.07 Å². The van der Waals surface area contributed by atoms with Gasteiger partial charge in [-0.25, -0.2) is 4.39 Å². The third-order valence-electron chi connectivity index (χ3n) is 5.51. The lowest BCUT2D eigenvalue weighted by atomic mass is 9.64. The second-order valence-corrected chi connectivity index (χ2v) is 6.47. The molecule has 2 aliphatic rings. The molecule has 0 saturated heterocycles. The molecule has 0 amide bonds. The average molecular weight is 264 g/mol. The van der Waals surface area contributed by atoms with Gasteiger partial charge in [-0.2, -0.15) is 0 Å². The van der Waals surface area contributed by atoms with Crippen molar-refractivity contribution in [3.05, 3.63) is 29.6 Å². The third kappa shape index (κ3) is 2.04. The van der Waals surface area contributed by atoms with E-state index in [4.69, 9.17) is 0 Å². The number of fused-ring (bicyclic) bond motifs is 1. The van der Waals surface area contributed by atoms with Crippen molar-refractivity contribution in [3.63, 3.8) is 0 Å². The van der Waals surface area contributed by atoms with Gasteiger partial charge in [-0.3, -0.25) is 0 Å². The Morgan fingerprint density at radius 2 is 2.05 bits per heavy atom. The van der Waals surface area contributed by atoms with E-state index in [2.05, 4.69) is 6.92 Å². The second-order valence-electron chi connectivity index (χ2n) is 6.47. The molecule has 0 radical (unpaired) electrons. The standard InChI is InChI=1S/C16H21FO2/c1-16-7-6-10(8-11(16)2-5-15(16)19)13-4-3-12(18)9-14(13)17/h3-4,9-11,15,18-19H,2,5-8H2,1H3/t10-,11?,15-,16-/m0/s1. The van der Waals surface area contributed by atoms with Crippen LogP contribution in [0.1, 0.15) is 50.5 Å². The van der Waals surface area contributed by atoms with Gasteiger partial charge in [0.2, 0.25) is 0 Å². The van der Waals surface area contributed by atoms with E-state index in [-0.39, 0.29) is 29.0 Å². The Morgan fingerprint density at radius 1 is 1.26 bits per heavy atom. The van der Waals surface area contributed by atoms with Crippen LogP contribution in [0.4, 0.5) is 4.39 Å². The van der Waals surface area contributed by atoms with Crippen LogP contribution in [0.15, 0.2) is 18.2 Å². The van der Waals surface area contributed by atoms with Crippen molar-refractivity contribution in [2.45, 2.75) is 51.0 Å². The number of hydrogen-bond acceptors (Lipinski definition) is 2. The van der Waals surface area contributed by atoms with Crippen molar-refractivity contribution in [1.29, 1.82) is 0 Å². The Hall–Kier alpha value is -1.09. The van der Waals surface area contributed by atoms with Crippen LogP contribution in [-0.2, 0) is 0 Å². The van der Waals surface area contributed by atoms with Gasteiger partial charge in [0.25, 0.3) is 0 Å². The van der Waals surface area contributed by atoms with Gasteiger partial charge in [-0.15, -0.1) is 0 Å². The van der Waals surface area contributed by atoms with Gasteiger partial charge in [-0.1, -0.05) is 13.0 Å². The smallest absolute Gasteiger partial charge is 0.130 e. The number of aliphatic hydroxyl groups is 1. The molecule has 2 aliphatic carbocycles. The van der Waals surface area contributed by atoms with Crippen LogP contribution < -0.4 is 0 Å². The second kappa shape index (κ2) is 4.48. The summed E-state index contributed by atoms with van der Waals surface area (Å²) in [6.07, 6.45) is 4.58. The van der Waals surface area contributed by atoms with Crippen molar-refractivity contribution >= 4 is 0 Å². The fourth-order valence-corrected chi connectivity index (χ4v) is 4.12. The van der Waals surface area contributed by atoms with Crippen molar-refractivity contribution in [3.8, 4) is 5.75 Å². The van der Waals surface area contributed by atoms with Crippen molar-refractivity contribution < 1.29 is 14.6 Å². The molecule has 0 aliphatic heterocycles. The van der Waals surface area contributed by atoms with Crippen molar-refractivity contribution in [1.82, 2.24) is 0 Å². The lowest BCUT2D eigenvalue weighted by Gasteiger charge is -2.42. The minimum absolute atomic E-state index is 0.0156. The van der Waals surface area contributed by atoms with Gasteiger partial charge in [0.1, 0.15) is 11.6 Å². The van der Waals surface area contributed by atoms with Crippen LogP contribution in [-0.4, -0.2) is 16.3 Å². The average Bonchev–Trinajstić information content (AvgIpc) is 2.66. The molecule has 19 heavy (non-hydrogen) atoms. The number of benzene rings is 1. The van der Waals surface area contributed by atoms with E-state index in [0.717, 1.165) is 37.7 Å². The Balaban J connectivity index is 1.82. The van der Waals surface area contributed by atoms with Crippen LogP contribution in [0.5, 0.6) is 5.75 Å². The molecule has 0 aromatic heterocycles. The minimum atomic E-state index is -0.299. The predicted molar refractivity (Wildman–Crippen MR) is 71.5 cm³/mol. The molecule has 0 bridgehead atoms. The lowest BCUT2D eigenvalue weighted by molar-refractivity contribution is 0.00845. The highest BCUT2D eigenvalue weighted by molar-refractivity contribution is 5.30. The maximum Gasteiger partial charge on any atom is 0.130 e. The van der Waals surface area contributed by atoms with Crippen LogP contribution in [0, 0.1) is 17.2 Å². The maximum absolute atomic E-state index is 13.9. The van der Waals surface area contributed by atoms with Gasteiger partial charge in [-0.05, 0) is 61.0 Å². The molecule has 0 heterocycles. The highest BCUT2D eigenvalue weighted by atomic mass is 19.1. The van der Waals surface area contributed by atoms with Crippen LogP contribution in [0.3, 0.4) is 0 Å². The van der Waals surface area contributed by atoms with Crippen LogP contribution >= 0.6 is 0 Å². The first-order chi connectivity index (χ1) is 9.00. The molecule has 1 aromatic rings. The number of aromatic hydroxyl groups is 1. The van der Waals surface area contributed by atoms with E-state index in [1.807, 2.05) is 0 Å². The molecule has 4 atom stereocenters. The largest absolute Gasteiger partial charge is 0.508 e. The molecule has 3 rings (SSSR count). The molecule has 104 valence electrons. The number of rotatable bonds is 1. The number of aliphatic hydroxyl groups excluding tert-OH is 1. The number of phenols is 1. The maximum atomic E-state index is 13.9. The van der Waals surface area contributed by atoms with Gasteiger partial charge < -0.3 is 10.2 Å². The topological polar surface area (TPSA) is 40.5 Å². The van der Waals surface area contributed by atoms with Crippen LogP contribution in [0.2, 0.25) is 0 Å². The first kappa shape index (κ1) is 12.9. The molecule has 3 heteroatoms. The number of halogens is 1. The summed E-state index contributed by atoms with van der Waals surface area (Å²) < 4.78 is 13.9. The zero-order valence-electron chi connectivity index (χ0n) is 11.3. The van der Waals surface area contributed by atoms with Gasteiger partial charge in [0.05, 0.1) is 6.10 Å². The van der Waals surface area contributed by atoms with E-state index < -0.39 is 0 Å². The molecular formula is C16H21FO2. The monoisotopic (exact) mass is 264 g/mol. The lowest BCUT2D eigenvalue weighted by Crippen LogP contribution is -2.37. The molecule has 2 nitrogen and oxygen atoms in total. The summed E-state index contributed by atoms with van der Waals surface area (Å²) >= 11 is 0. The Bertz CT molecular complexity index is 488. The highest BCUT2D eigenvalue weighted by Crippen LogP contribution is 2.55. The van der Waals surface area contributed by atoms with Gasteiger partial charge >= 0.3 is 0 Å². The summed E-state index contributed by atoms with van der Waals surface area (Å²) in [7, 11) is 0. The molecule has 0 spiro atoms. The Morgan fingerprint density at radius 3 is 2.79 bits per heavy atom. The zero-order chi connectivity index (χ0) is 13.6. The van der Waals surface area contributed by atoms with E-state index >= 15 is 0 Å². The summed E-state index contributed by atoms with van der Waals surface area (Å²) in [5.41, 5.74) is 0.755. The van der Waals surface area contributed by atoms with Gasteiger partial charge in [0, 0.05) is 6.07 Å². The Kier molecular flexibility index (Phi) is 3.05. The van der Waals surface area contributed by atoms with E-state index in [1.54, 1.807) is 12.1 Å². The normalized spacial score (nSPS) is 38.2. The molecule has 2 saturated carbocycles. The summed E-state index contributed by atoms with van der Waals surface area (Å²) in [6, 6.07) is 4.48. The summed E-state index contributed by atoms with van der Waals surface area (Å²) in [5, 5.41) is 19.4. The van der Waals surface area contributed by atoms with Crippen LogP contribution in [0.25, 0.3) is 0 Å². The van der Waals surface area contributed by atoms with Crippen molar-refractivity contribution in [2.24, 2.45) is 11.3 Å². The highest BCUT2D eigenvalue weighted by Gasteiger charge is 2.49. The summed E-state index contributed by atoms with van der Waals surface area (Å²) in [5.74, 6) is 0.406. The number of phenolic OH excluding ortho intramolecular Hbond substituents is 1. The molecule has 1 unspecified atom stereocenters. The van der Waals surface area contributed by atoms with Gasteiger partial charge in [0.15, 0.2) is 0 Å². The van der Waals surface area contributed by atoms with Crippen molar-refractivity contribution in [2.75, 3.05) is 0 Å². The molecule has 1 aromatic carbocycles. The van der Waals surface area contributed by atoms with E-state index in [9.17, 15) is 14.6 Å². The fourth-order valence-electron chi connectivity index (χ4n) is 4.12. The third-order valence-corrected chi connectivity index (χ3v) is 5.51. The first-order valence-corrected chi connectivity index (χ1v) is 7.17. The first-order valence-electron chi connectivity index (χ1n) is 7.17. The summed E-state index contributed by atoms with van der Waals surface area (Å²) in [6.45, 7) is 2.18. The minimum Gasteiger partial charge on any atom is -0.508 e. The zero-order valence-corrected chi connectivity index (χ0v) is 11.3. The quantitative estimate of drug-likeness (QED) is 0.814.